The fourth-order valence-electron chi connectivity index (χ4n) is 2.74. The molecular formula is C17H24N2O5S2. The van der Waals surface area contributed by atoms with Gasteiger partial charge < -0.3 is 10.1 Å². The van der Waals surface area contributed by atoms with Crippen molar-refractivity contribution in [1.29, 1.82) is 0 Å². The van der Waals surface area contributed by atoms with Crippen LogP contribution in [0, 0.1) is 0 Å². The summed E-state index contributed by atoms with van der Waals surface area (Å²) in [5.74, 6) is -0.336. The molecule has 1 aliphatic heterocycles. The first-order valence-electron chi connectivity index (χ1n) is 8.38. The number of methoxy groups -OCH3 is 1. The molecule has 144 valence electrons. The molecule has 0 spiro atoms. The fourth-order valence-corrected chi connectivity index (χ4v) is 4.78. The molecule has 7 nitrogen and oxygen atoms in total. The van der Waals surface area contributed by atoms with Gasteiger partial charge in [0.25, 0.3) is 5.91 Å². The molecule has 9 heteroatoms. The van der Waals surface area contributed by atoms with Gasteiger partial charge in [0.05, 0.1) is 12.0 Å². The third-order valence-electron chi connectivity index (χ3n) is 4.20. The van der Waals surface area contributed by atoms with Crippen LogP contribution in [-0.4, -0.2) is 62.8 Å². The molecule has 26 heavy (non-hydrogen) atoms. The predicted octanol–water partition coefficient (Wildman–Crippen LogP) is 1.50. The molecule has 1 aliphatic rings. The van der Waals surface area contributed by atoms with E-state index in [9.17, 15) is 18.0 Å². The molecule has 1 aromatic rings. The van der Waals surface area contributed by atoms with Crippen LogP contribution >= 0.6 is 11.8 Å². The Balaban J connectivity index is 2.17. The first-order chi connectivity index (χ1) is 12.4. The van der Waals surface area contributed by atoms with Crippen molar-refractivity contribution in [3.8, 4) is 0 Å². The second-order valence-corrected chi connectivity index (χ2v) is 8.89. The van der Waals surface area contributed by atoms with E-state index in [4.69, 9.17) is 4.74 Å². The third-order valence-corrected chi connectivity index (χ3v) is 6.74. The van der Waals surface area contributed by atoms with Crippen molar-refractivity contribution in [3.63, 3.8) is 0 Å². The molecule has 0 aromatic heterocycles. The van der Waals surface area contributed by atoms with Crippen LogP contribution in [0.15, 0.2) is 29.2 Å². The van der Waals surface area contributed by atoms with Crippen LogP contribution in [0.25, 0.3) is 0 Å². The lowest BCUT2D eigenvalue weighted by molar-refractivity contribution is -0.142. The lowest BCUT2D eigenvalue weighted by Gasteiger charge is -2.18. The van der Waals surface area contributed by atoms with Gasteiger partial charge in [0, 0.05) is 18.7 Å². The molecule has 0 aliphatic carbocycles. The summed E-state index contributed by atoms with van der Waals surface area (Å²) in [7, 11) is -2.33. The number of sulfonamides is 1. The highest BCUT2D eigenvalue weighted by atomic mass is 32.2. The number of carbonyl (C=O) groups is 2. The topological polar surface area (TPSA) is 92.8 Å². The quantitative estimate of drug-likeness (QED) is 0.665. The number of carbonyl (C=O) groups excluding carboxylic acids is 2. The SMILES string of the molecule is COC(=O)[C@@H](CCSC)NC(=O)c1cccc(S(=O)(=O)N2CCCC2)c1. The van der Waals surface area contributed by atoms with Crippen LogP contribution in [0.1, 0.15) is 29.6 Å². The molecule has 1 aromatic carbocycles. The minimum absolute atomic E-state index is 0.0887. The number of nitrogens with zero attached hydrogens (tertiary/aromatic N) is 1. The van der Waals surface area contributed by atoms with Crippen molar-refractivity contribution < 1.29 is 22.7 Å². The van der Waals surface area contributed by atoms with Gasteiger partial charge >= 0.3 is 5.97 Å². The van der Waals surface area contributed by atoms with E-state index in [0.717, 1.165) is 12.8 Å². The van der Waals surface area contributed by atoms with Gasteiger partial charge in [0.2, 0.25) is 10.0 Å². The molecule has 1 saturated heterocycles. The Morgan fingerprint density at radius 1 is 1.31 bits per heavy atom. The van der Waals surface area contributed by atoms with Crippen LogP contribution in [0.3, 0.4) is 0 Å². The summed E-state index contributed by atoms with van der Waals surface area (Å²) in [4.78, 5) is 24.4. The van der Waals surface area contributed by atoms with E-state index in [1.165, 1.54) is 35.7 Å². The second-order valence-electron chi connectivity index (χ2n) is 5.97. The normalized spacial score (nSPS) is 16.2. The van der Waals surface area contributed by atoms with Gasteiger partial charge in [-0.1, -0.05) is 6.07 Å². The van der Waals surface area contributed by atoms with Gasteiger partial charge in [0.15, 0.2) is 0 Å². The van der Waals surface area contributed by atoms with Gasteiger partial charge in [-0.2, -0.15) is 16.1 Å². The van der Waals surface area contributed by atoms with Crippen LogP contribution in [0.4, 0.5) is 0 Å². The first kappa shape index (κ1) is 20.7. The Kier molecular flexibility index (Phi) is 7.48. The van der Waals surface area contributed by atoms with Gasteiger partial charge in [-0.05, 0) is 49.5 Å². The maximum atomic E-state index is 12.6. The zero-order valence-electron chi connectivity index (χ0n) is 14.9. The number of thioether (sulfide) groups is 1. The van der Waals surface area contributed by atoms with Gasteiger partial charge in [0.1, 0.15) is 6.04 Å². The van der Waals surface area contributed by atoms with Crippen molar-refractivity contribution >= 4 is 33.7 Å². The summed E-state index contributed by atoms with van der Waals surface area (Å²) in [5.41, 5.74) is 0.198. The second kappa shape index (κ2) is 9.38. The Bertz CT molecular complexity index is 745. The van der Waals surface area contributed by atoms with E-state index >= 15 is 0 Å². The van der Waals surface area contributed by atoms with Gasteiger partial charge in [-0.3, -0.25) is 4.79 Å². The Labute approximate surface area is 158 Å². The highest BCUT2D eigenvalue weighted by Crippen LogP contribution is 2.21. The van der Waals surface area contributed by atoms with E-state index in [2.05, 4.69) is 5.32 Å². The van der Waals surface area contributed by atoms with Crippen LogP contribution in [0.5, 0.6) is 0 Å². The molecule has 0 unspecified atom stereocenters. The van der Waals surface area contributed by atoms with Gasteiger partial charge in [-0.25, -0.2) is 13.2 Å². The number of hydrogen-bond donors (Lipinski definition) is 1. The average molecular weight is 401 g/mol. The maximum absolute atomic E-state index is 12.6. The molecule has 1 heterocycles. The number of nitrogens with one attached hydrogen (secondary N) is 1. The Morgan fingerprint density at radius 2 is 2.00 bits per heavy atom. The average Bonchev–Trinajstić information content (AvgIpc) is 3.20. The number of ether oxygens (including phenoxy) is 1. The molecule has 0 radical (unpaired) electrons. The molecule has 2 rings (SSSR count). The maximum Gasteiger partial charge on any atom is 0.328 e. The molecule has 1 amide bonds. The summed E-state index contributed by atoms with van der Waals surface area (Å²) < 4.78 is 31.4. The standard InChI is InChI=1S/C17H24N2O5S2/c1-24-17(21)15(8-11-25-2)18-16(20)13-6-5-7-14(12-13)26(22,23)19-9-3-4-10-19/h5-7,12,15H,3-4,8-11H2,1-2H3,(H,18,20)/t15-/m1/s1. The van der Waals surface area contributed by atoms with Crippen LogP contribution in [-0.2, 0) is 19.6 Å². The fraction of sp³-hybridized carbons (Fsp3) is 0.529. The lowest BCUT2D eigenvalue weighted by atomic mass is 10.1. The number of hydrogen-bond acceptors (Lipinski definition) is 6. The smallest absolute Gasteiger partial charge is 0.328 e. The number of rotatable bonds is 8. The zero-order valence-corrected chi connectivity index (χ0v) is 16.6. The predicted molar refractivity (Wildman–Crippen MR) is 101 cm³/mol. The first-order valence-corrected chi connectivity index (χ1v) is 11.2. The molecule has 0 bridgehead atoms. The van der Waals surface area contributed by atoms with E-state index in [1.807, 2.05) is 6.26 Å². The highest BCUT2D eigenvalue weighted by molar-refractivity contribution is 7.98. The highest BCUT2D eigenvalue weighted by Gasteiger charge is 2.28. The van der Waals surface area contributed by atoms with Crippen molar-refractivity contribution in [2.45, 2.75) is 30.2 Å². The molecular weight excluding hydrogens is 376 g/mol. The molecule has 0 saturated carbocycles. The number of esters is 1. The Hall–Kier alpha value is -1.58. The summed E-state index contributed by atoms with van der Waals surface area (Å²) >= 11 is 1.56. The molecule has 1 atom stereocenters. The zero-order chi connectivity index (χ0) is 19.2. The van der Waals surface area contributed by atoms with Crippen molar-refractivity contribution in [2.24, 2.45) is 0 Å². The van der Waals surface area contributed by atoms with Crippen molar-refractivity contribution in [1.82, 2.24) is 9.62 Å². The van der Waals surface area contributed by atoms with E-state index < -0.39 is 27.9 Å². The molecule has 1 N–H and O–H groups in total. The Morgan fingerprint density at radius 3 is 2.62 bits per heavy atom. The number of benzene rings is 1. The molecule has 1 fully saturated rings. The third kappa shape index (κ3) is 4.99. The van der Waals surface area contributed by atoms with E-state index in [1.54, 1.807) is 11.8 Å². The van der Waals surface area contributed by atoms with Crippen molar-refractivity contribution in [3.05, 3.63) is 29.8 Å². The van der Waals surface area contributed by atoms with Crippen LogP contribution < -0.4 is 5.32 Å². The number of amides is 1. The lowest BCUT2D eigenvalue weighted by Crippen LogP contribution is -2.42. The summed E-state index contributed by atoms with van der Waals surface area (Å²) in [6, 6.07) is 5.13. The van der Waals surface area contributed by atoms with Crippen molar-refractivity contribution in [2.75, 3.05) is 32.2 Å². The summed E-state index contributed by atoms with van der Waals surface area (Å²) in [6.45, 7) is 0.996. The van der Waals surface area contributed by atoms with E-state index in [-0.39, 0.29) is 10.5 Å². The van der Waals surface area contributed by atoms with Crippen LogP contribution in [0.2, 0.25) is 0 Å². The van der Waals surface area contributed by atoms with Gasteiger partial charge in [-0.15, -0.1) is 0 Å². The minimum Gasteiger partial charge on any atom is -0.467 e. The largest absolute Gasteiger partial charge is 0.467 e. The minimum atomic E-state index is -3.60. The van der Waals surface area contributed by atoms with E-state index in [0.29, 0.717) is 25.3 Å². The summed E-state index contributed by atoms with van der Waals surface area (Å²) in [6.07, 6.45) is 4.03. The monoisotopic (exact) mass is 400 g/mol. The summed E-state index contributed by atoms with van der Waals surface area (Å²) in [5, 5.41) is 2.63.